The maximum atomic E-state index is 2.35. The Bertz CT molecular complexity index is 1140. The lowest BCUT2D eigenvalue weighted by Crippen LogP contribution is -2.09. The van der Waals surface area contributed by atoms with Crippen LogP contribution in [-0.4, -0.2) is 7.05 Å². The summed E-state index contributed by atoms with van der Waals surface area (Å²) in [7, 11) is 2.13. The van der Waals surface area contributed by atoms with Gasteiger partial charge in [-0.2, -0.15) is 0 Å². The van der Waals surface area contributed by atoms with Crippen molar-refractivity contribution in [1.29, 1.82) is 0 Å². The summed E-state index contributed by atoms with van der Waals surface area (Å²) in [6.07, 6.45) is 2.47. The van der Waals surface area contributed by atoms with Crippen molar-refractivity contribution in [1.82, 2.24) is 0 Å². The van der Waals surface area contributed by atoms with E-state index in [4.69, 9.17) is 0 Å². The number of hydrogen-bond acceptors (Lipinski definition) is 1. The molecule has 4 aromatic rings. The highest BCUT2D eigenvalue weighted by atomic mass is 15.1. The van der Waals surface area contributed by atoms with Crippen LogP contribution in [0, 0.1) is 6.92 Å². The topological polar surface area (TPSA) is 3.24 Å². The Morgan fingerprint density at radius 3 is 2.00 bits per heavy atom. The average molecular weight is 349 g/mol. The van der Waals surface area contributed by atoms with Crippen LogP contribution in [0.1, 0.15) is 16.7 Å². The molecule has 0 spiro atoms. The molecule has 0 N–H and O–H groups in total. The molecule has 1 heteroatoms. The number of anilines is 2. The summed E-state index contributed by atoms with van der Waals surface area (Å²) < 4.78 is 0. The highest BCUT2D eigenvalue weighted by Gasteiger charge is 2.13. The van der Waals surface area contributed by atoms with E-state index in [2.05, 4.69) is 97.7 Å². The Balaban J connectivity index is 1.43. The molecule has 0 atom stereocenters. The second-order valence-electron chi connectivity index (χ2n) is 7.62. The summed E-state index contributed by atoms with van der Waals surface area (Å²) in [4.78, 5) is 2.25. The molecule has 0 amide bonds. The molecule has 0 fully saturated rings. The predicted molar refractivity (Wildman–Crippen MR) is 116 cm³/mol. The van der Waals surface area contributed by atoms with Crippen LogP contribution >= 0.6 is 0 Å². The Labute approximate surface area is 160 Å². The molecule has 4 aromatic carbocycles. The van der Waals surface area contributed by atoms with E-state index in [1.807, 2.05) is 0 Å². The summed E-state index contributed by atoms with van der Waals surface area (Å²) in [5.41, 5.74) is 9.35. The van der Waals surface area contributed by atoms with Crippen LogP contribution in [0.15, 0.2) is 78.9 Å². The largest absolute Gasteiger partial charge is 0.345 e. The SMILES string of the molecule is Cc1ccc2cc(N(C)c3ccc(-c4ccc5c(c4)CC5)cc3)ccc2c1. The predicted octanol–water partition coefficient (Wildman–Crippen LogP) is 6.68. The molecule has 0 bridgehead atoms. The lowest BCUT2D eigenvalue weighted by atomic mass is 9.86. The molecular formula is C26H23N. The Morgan fingerprint density at radius 1 is 0.593 bits per heavy atom. The van der Waals surface area contributed by atoms with Gasteiger partial charge in [-0.1, -0.05) is 60.2 Å². The minimum atomic E-state index is 1.20. The van der Waals surface area contributed by atoms with E-state index in [1.165, 1.54) is 62.8 Å². The number of rotatable bonds is 3. The van der Waals surface area contributed by atoms with Crippen LogP contribution in [-0.2, 0) is 12.8 Å². The summed E-state index contributed by atoms with van der Waals surface area (Å²) in [6.45, 7) is 2.14. The fourth-order valence-electron chi connectivity index (χ4n) is 3.96. The maximum absolute atomic E-state index is 2.35. The van der Waals surface area contributed by atoms with Crippen LogP contribution in [0.3, 0.4) is 0 Å². The van der Waals surface area contributed by atoms with Crippen molar-refractivity contribution in [2.75, 3.05) is 11.9 Å². The van der Waals surface area contributed by atoms with Gasteiger partial charge < -0.3 is 4.90 Å². The third kappa shape index (κ3) is 2.90. The van der Waals surface area contributed by atoms with Crippen LogP contribution in [0.25, 0.3) is 21.9 Å². The molecule has 1 nitrogen and oxygen atoms in total. The summed E-state index contributed by atoms with van der Waals surface area (Å²) in [5, 5.41) is 2.58. The lowest BCUT2D eigenvalue weighted by molar-refractivity contribution is 0.840. The molecule has 0 unspecified atom stereocenters. The molecule has 0 heterocycles. The molecule has 0 saturated heterocycles. The van der Waals surface area contributed by atoms with Gasteiger partial charge in [-0.05, 0) is 77.1 Å². The molecule has 27 heavy (non-hydrogen) atoms. The van der Waals surface area contributed by atoms with Gasteiger partial charge in [0.2, 0.25) is 0 Å². The third-order valence-corrected chi connectivity index (χ3v) is 5.82. The van der Waals surface area contributed by atoms with E-state index in [1.54, 1.807) is 0 Å². The second kappa shape index (κ2) is 6.28. The number of nitrogens with zero attached hydrogens (tertiary/aromatic N) is 1. The molecule has 0 radical (unpaired) electrons. The Kier molecular flexibility index (Phi) is 3.75. The number of benzene rings is 4. The first-order valence-electron chi connectivity index (χ1n) is 9.64. The highest BCUT2D eigenvalue weighted by Crippen LogP contribution is 2.32. The van der Waals surface area contributed by atoms with Crippen molar-refractivity contribution in [3.63, 3.8) is 0 Å². The minimum Gasteiger partial charge on any atom is -0.345 e. The minimum absolute atomic E-state index is 1.20. The monoisotopic (exact) mass is 349 g/mol. The van der Waals surface area contributed by atoms with E-state index in [0.29, 0.717) is 0 Å². The van der Waals surface area contributed by atoms with E-state index in [9.17, 15) is 0 Å². The van der Waals surface area contributed by atoms with Crippen LogP contribution in [0.5, 0.6) is 0 Å². The molecule has 5 rings (SSSR count). The number of fused-ring (bicyclic) bond motifs is 2. The lowest BCUT2D eigenvalue weighted by Gasteiger charge is -2.21. The summed E-state index contributed by atoms with van der Waals surface area (Å²) in [5.74, 6) is 0. The van der Waals surface area contributed by atoms with Gasteiger partial charge >= 0.3 is 0 Å². The van der Waals surface area contributed by atoms with Crippen molar-refractivity contribution >= 4 is 22.1 Å². The number of aryl methyl sites for hydroxylation is 3. The van der Waals surface area contributed by atoms with Crippen molar-refractivity contribution in [3.05, 3.63) is 95.6 Å². The normalized spacial score (nSPS) is 12.5. The summed E-state index contributed by atoms with van der Waals surface area (Å²) >= 11 is 0. The van der Waals surface area contributed by atoms with Gasteiger partial charge in [0.25, 0.3) is 0 Å². The fraction of sp³-hybridized carbons (Fsp3) is 0.154. The van der Waals surface area contributed by atoms with Gasteiger partial charge in [0.15, 0.2) is 0 Å². The van der Waals surface area contributed by atoms with Gasteiger partial charge in [0.05, 0.1) is 0 Å². The third-order valence-electron chi connectivity index (χ3n) is 5.82. The van der Waals surface area contributed by atoms with Gasteiger partial charge in [0.1, 0.15) is 0 Å². The van der Waals surface area contributed by atoms with Crippen molar-refractivity contribution in [2.24, 2.45) is 0 Å². The Morgan fingerprint density at radius 2 is 1.26 bits per heavy atom. The van der Waals surface area contributed by atoms with Gasteiger partial charge in [-0.15, -0.1) is 0 Å². The molecule has 1 aliphatic rings. The fourth-order valence-corrected chi connectivity index (χ4v) is 3.96. The Hall–Kier alpha value is -3.06. The molecule has 0 aliphatic heterocycles. The standard InChI is InChI=1S/C26H23N/c1-18-3-4-24-17-26(14-11-21(24)15-18)27(2)25-12-9-20(10-13-25)23-8-6-19-5-7-22(19)16-23/h3-4,6,8-17H,5,7H2,1-2H3. The smallest absolute Gasteiger partial charge is 0.0414 e. The zero-order chi connectivity index (χ0) is 18.4. The quantitative estimate of drug-likeness (QED) is 0.399. The molecular weight excluding hydrogens is 326 g/mol. The highest BCUT2D eigenvalue weighted by molar-refractivity contribution is 5.87. The van der Waals surface area contributed by atoms with E-state index in [0.717, 1.165) is 0 Å². The van der Waals surface area contributed by atoms with Crippen LogP contribution in [0.2, 0.25) is 0 Å². The number of hydrogen-bond donors (Lipinski definition) is 0. The van der Waals surface area contributed by atoms with Gasteiger partial charge in [0, 0.05) is 18.4 Å². The molecule has 0 aromatic heterocycles. The molecule has 132 valence electrons. The first-order valence-corrected chi connectivity index (χ1v) is 9.64. The average Bonchev–Trinajstić information content (AvgIpc) is 2.68. The van der Waals surface area contributed by atoms with Gasteiger partial charge in [-0.3, -0.25) is 0 Å². The van der Waals surface area contributed by atoms with Crippen molar-refractivity contribution < 1.29 is 0 Å². The van der Waals surface area contributed by atoms with Crippen LogP contribution < -0.4 is 4.90 Å². The first kappa shape index (κ1) is 16.1. The second-order valence-corrected chi connectivity index (χ2v) is 7.62. The zero-order valence-electron chi connectivity index (χ0n) is 15.9. The van der Waals surface area contributed by atoms with E-state index >= 15 is 0 Å². The maximum Gasteiger partial charge on any atom is 0.0414 e. The first-order chi connectivity index (χ1) is 13.2. The zero-order valence-corrected chi connectivity index (χ0v) is 15.9. The van der Waals surface area contributed by atoms with E-state index < -0.39 is 0 Å². The molecule has 1 aliphatic carbocycles. The van der Waals surface area contributed by atoms with Crippen molar-refractivity contribution in [2.45, 2.75) is 19.8 Å². The van der Waals surface area contributed by atoms with E-state index in [-0.39, 0.29) is 0 Å². The summed E-state index contributed by atoms with van der Waals surface area (Å²) in [6, 6.07) is 29.1. The van der Waals surface area contributed by atoms with Crippen LogP contribution in [0.4, 0.5) is 11.4 Å². The van der Waals surface area contributed by atoms with Crippen molar-refractivity contribution in [3.8, 4) is 11.1 Å². The van der Waals surface area contributed by atoms with Gasteiger partial charge in [-0.25, -0.2) is 0 Å². The molecule has 0 saturated carbocycles.